The zero-order valence-electron chi connectivity index (χ0n) is 16.1. The van der Waals surface area contributed by atoms with E-state index in [0.717, 1.165) is 28.8 Å². The fraction of sp³-hybridized carbons (Fsp3) is 0.0952. The number of fused-ring (bicyclic) bond motifs is 1. The number of carbonyl (C=O) groups excluding carboxylic acids is 2. The number of alkyl halides is 3. The molecule has 2 amide bonds. The Labute approximate surface area is 173 Å². The van der Waals surface area contributed by atoms with Gasteiger partial charge in [0, 0.05) is 35.9 Å². The van der Waals surface area contributed by atoms with Gasteiger partial charge in [0.15, 0.2) is 0 Å². The molecule has 2 aromatic heterocycles. The number of carbonyl (C=O) groups is 2. The zero-order chi connectivity index (χ0) is 22.2. The smallest absolute Gasteiger partial charge is 0.359 e. The number of aromatic amines is 1. The molecule has 0 spiro atoms. The highest BCUT2D eigenvalue weighted by molar-refractivity contribution is 6.40. The molecule has 0 atom stereocenters. The minimum atomic E-state index is -4.40. The SMILES string of the molecule is CNC(=O)C(=O)Nc1c[nH]c2ccc(-c3cnn(-c4ccc(C(F)(F)F)cc4)c3)cc12. The summed E-state index contributed by atoms with van der Waals surface area (Å²) >= 11 is 0. The highest BCUT2D eigenvalue weighted by atomic mass is 19.4. The van der Waals surface area contributed by atoms with Crippen LogP contribution in [0.15, 0.2) is 61.1 Å². The molecule has 4 aromatic rings. The van der Waals surface area contributed by atoms with Gasteiger partial charge in [-0.25, -0.2) is 4.68 Å². The summed E-state index contributed by atoms with van der Waals surface area (Å²) in [5, 5.41) is 9.73. The van der Waals surface area contributed by atoms with Crippen molar-refractivity contribution in [3.63, 3.8) is 0 Å². The molecule has 0 aliphatic carbocycles. The summed E-state index contributed by atoms with van der Waals surface area (Å²) in [6.45, 7) is 0. The van der Waals surface area contributed by atoms with Crippen LogP contribution in [0.3, 0.4) is 0 Å². The van der Waals surface area contributed by atoms with Crippen LogP contribution in [-0.4, -0.2) is 33.6 Å². The number of halogens is 3. The van der Waals surface area contributed by atoms with E-state index in [1.807, 2.05) is 18.2 Å². The van der Waals surface area contributed by atoms with Gasteiger partial charge in [0.2, 0.25) is 0 Å². The molecule has 10 heteroatoms. The number of amides is 2. The molecule has 2 heterocycles. The number of anilines is 1. The Hall–Kier alpha value is -4.08. The van der Waals surface area contributed by atoms with E-state index in [-0.39, 0.29) is 0 Å². The second-order valence-electron chi connectivity index (χ2n) is 6.71. The fourth-order valence-corrected chi connectivity index (χ4v) is 3.11. The standard InChI is InChI=1S/C21H16F3N5O2/c1-25-19(30)20(31)28-18-10-26-17-7-2-12(8-16(17)18)13-9-27-29(11-13)15-5-3-14(4-6-15)21(22,23)24/h2-11,26H,1H3,(H,25,30)(H,28,31). The van der Waals surface area contributed by atoms with E-state index in [4.69, 9.17) is 0 Å². The predicted molar refractivity (Wildman–Crippen MR) is 109 cm³/mol. The summed E-state index contributed by atoms with van der Waals surface area (Å²) in [6, 6.07) is 10.2. The molecule has 158 valence electrons. The number of rotatable bonds is 3. The van der Waals surface area contributed by atoms with Crippen LogP contribution in [0.25, 0.3) is 27.7 Å². The van der Waals surface area contributed by atoms with E-state index in [9.17, 15) is 22.8 Å². The highest BCUT2D eigenvalue weighted by Crippen LogP contribution is 2.31. The van der Waals surface area contributed by atoms with Crippen molar-refractivity contribution in [1.82, 2.24) is 20.1 Å². The maximum Gasteiger partial charge on any atom is 0.416 e. The van der Waals surface area contributed by atoms with Crippen molar-refractivity contribution >= 4 is 28.4 Å². The molecule has 0 aliphatic heterocycles. The van der Waals surface area contributed by atoms with Gasteiger partial charge in [-0.1, -0.05) is 6.07 Å². The van der Waals surface area contributed by atoms with E-state index in [2.05, 4.69) is 20.7 Å². The third kappa shape index (κ3) is 4.00. The van der Waals surface area contributed by atoms with Gasteiger partial charge in [-0.05, 0) is 42.0 Å². The molecule has 0 fully saturated rings. The van der Waals surface area contributed by atoms with Gasteiger partial charge in [-0.3, -0.25) is 9.59 Å². The van der Waals surface area contributed by atoms with E-state index < -0.39 is 23.6 Å². The first-order chi connectivity index (χ1) is 14.8. The van der Waals surface area contributed by atoms with Gasteiger partial charge in [0.05, 0.1) is 23.1 Å². The lowest BCUT2D eigenvalue weighted by Crippen LogP contribution is -2.32. The lowest BCUT2D eigenvalue weighted by Gasteiger charge is -2.07. The average molecular weight is 427 g/mol. The van der Waals surface area contributed by atoms with E-state index in [1.165, 1.54) is 23.9 Å². The van der Waals surface area contributed by atoms with Crippen molar-refractivity contribution < 1.29 is 22.8 Å². The molecule has 7 nitrogen and oxygen atoms in total. The maximum absolute atomic E-state index is 12.8. The maximum atomic E-state index is 12.8. The average Bonchev–Trinajstić information content (AvgIpc) is 3.40. The lowest BCUT2D eigenvalue weighted by atomic mass is 10.1. The number of nitrogens with one attached hydrogen (secondary N) is 3. The molecule has 0 aliphatic rings. The first-order valence-electron chi connectivity index (χ1n) is 9.13. The Morgan fingerprint density at radius 3 is 2.45 bits per heavy atom. The van der Waals surface area contributed by atoms with Gasteiger partial charge in [0.1, 0.15) is 0 Å². The van der Waals surface area contributed by atoms with Crippen LogP contribution in [0.2, 0.25) is 0 Å². The largest absolute Gasteiger partial charge is 0.416 e. The van der Waals surface area contributed by atoms with Gasteiger partial charge in [-0.2, -0.15) is 18.3 Å². The minimum Gasteiger partial charge on any atom is -0.359 e. The van der Waals surface area contributed by atoms with Crippen molar-refractivity contribution in [3.8, 4) is 16.8 Å². The van der Waals surface area contributed by atoms with Crippen LogP contribution >= 0.6 is 0 Å². The molecular weight excluding hydrogens is 411 g/mol. The van der Waals surface area contributed by atoms with Crippen LogP contribution in [0.1, 0.15) is 5.56 Å². The number of likely N-dealkylation sites (N-methyl/N-ethyl adjacent to an activating group) is 1. The molecular formula is C21H16F3N5O2. The molecule has 3 N–H and O–H groups in total. The van der Waals surface area contributed by atoms with Crippen LogP contribution in [0.4, 0.5) is 18.9 Å². The molecule has 4 rings (SSSR count). The Bertz CT molecular complexity index is 1270. The van der Waals surface area contributed by atoms with Gasteiger partial charge < -0.3 is 15.6 Å². The van der Waals surface area contributed by atoms with Gasteiger partial charge in [-0.15, -0.1) is 0 Å². The number of hydrogen-bond acceptors (Lipinski definition) is 3. The van der Waals surface area contributed by atoms with Crippen molar-refractivity contribution in [2.24, 2.45) is 0 Å². The molecule has 0 unspecified atom stereocenters. The molecule has 0 saturated heterocycles. The summed E-state index contributed by atoms with van der Waals surface area (Å²) in [6.07, 6.45) is 0.471. The molecule has 0 bridgehead atoms. The molecule has 0 radical (unpaired) electrons. The van der Waals surface area contributed by atoms with Crippen LogP contribution in [0.5, 0.6) is 0 Å². The van der Waals surface area contributed by atoms with E-state index >= 15 is 0 Å². The fourth-order valence-electron chi connectivity index (χ4n) is 3.11. The monoisotopic (exact) mass is 427 g/mol. The Balaban J connectivity index is 1.62. The van der Waals surface area contributed by atoms with Crippen LogP contribution in [-0.2, 0) is 15.8 Å². The van der Waals surface area contributed by atoms with Crippen molar-refractivity contribution in [1.29, 1.82) is 0 Å². The number of aromatic nitrogens is 3. The van der Waals surface area contributed by atoms with Crippen molar-refractivity contribution in [3.05, 3.63) is 66.6 Å². The Morgan fingerprint density at radius 2 is 1.77 bits per heavy atom. The molecule has 31 heavy (non-hydrogen) atoms. The van der Waals surface area contributed by atoms with E-state index in [1.54, 1.807) is 18.6 Å². The normalized spacial score (nSPS) is 11.5. The van der Waals surface area contributed by atoms with Crippen LogP contribution < -0.4 is 10.6 Å². The topological polar surface area (TPSA) is 91.8 Å². The van der Waals surface area contributed by atoms with Crippen molar-refractivity contribution in [2.45, 2.75) is 6.18 Å². The third-order valence-corrected chi connectivity index (χ3v) is 4.74. The quantitative estimate of drug-likeness (QED) is 0.435. The van der Waals surface area contributed by atoms with Gasteiger partial charge in [0.25, 0.3) is 0 Å². The summed E-state index contributed by atoms with van der Waals surface area (Å²) in [7, 11) is 1.36. The predicted octanol–water partition coefficient (Wildman–Crippen LogP) is 3.72. The zero-order valence-corrected chi connectivity index (χ0v) is 16.1. The lowest BCUT2D eigenvalue weighted by molar-refractivity contribution is -0.137. The summed E-state index contributed by atoms with van der Waals surface area (Å²) in [4.78, 5) is 26.4. The second kappa shape index (κ2) is 7.63. The number of nitrogens with zero attached hydrogens (tertiary/aromatic N) is 2. The minimum absolute atomic E-state index is 0.445. The summed E-state index contributed by atoms with van der Waals surface area (Å²) in [5.41, 5.74) is 2.47. The number of benzene rings is 2. The molecule has 2 aromatic carbocycles. The molecule has 0 saturated carbocycles. The van der Waals surface area contributed by atoms with E-state index in [0.29, 0.717) is 16.8 Å². The third-order valence-electron chi connectivity index (χ3n) is 4.74. The Kier molecular flexibility index (Phi) is 4.97. The van der Waals surface area contributed by atoms with Gasteiger partial charge >= 0.3 is 18.0 Å². The number of hydrogen-bond donors (Lipinski definition) is 3. The first-order valence-corrected chi connectivity index (χ1v) is 9.13. The summed E-state index contributed by atoms with van der Waals surface area (Å²) < 4.78 is 39.7. The first kappa shape index (κ1) is 20.2. The summed E-state index contributed by atoms with van der Waals surface area (Å²) in [5.74, 6) is -1.55. The van der Waals surface area contributed by atoms with Crippen molar-refractivity contribution in [2.75, 3.05) is 12.4 Å². The highest BCUT2D eigenvalue weighted by Gasteiger charge is 2.30. The second-order valence-corrected chi connectivity index (χ2v) is 6.71. The number of H-pyrrole nitrogens is 1. The van der Waals surface area contributed by atoms with Crippen LogP contribution in [0, 0.1) is 0 Å². The Morgan fingerprint density at radius 1 is 1.03 bits per heavy atom.